The van der Waals surface area contributed by atoms with E-state index in [1.807, 2.05) is 20.8 Å². The van der Waals surface area contributed by atoms with Gasteiger partial charge in [0.15, 0.2) is 5.76 Å². The van der Waals surface area contributed by atoms with E-state index in [1.165, 1.54) is 13.4 Å². The van der Waals surface area contributed by atoms with Crippen LogP contribution in [0.1, 0.15) is 79.9 Å². The van der Waals surface area contributed by atoms with Crippen LogP contribution in [0, 0.1) is 17.3 Å². The summed E-state index contributed by atoms with van der Waals surface area (Å²) in [5.41, 5.74) is -0.0643. The van der Waals surface area contributed by atoms with Gasteiger partial charge in [-0.3, -0.25) is 14.4 Å². The molecule has 1 unspecified atom stereocenters. The summed E-state index contributed by atoms with van der Waals surface area (Å²) in [6.45, 7) is 7.55. The predicted octanol–water partition coefficient (Wildman–Crippen LogP) is 3.56. The molecule has 1 aliphatic heterocycles. The summed E-state index contributed by atoms with van der Waals surface area (Å²) in [5.74, 6) is -1.77. The van der Waals surface area contributed by atoms with Gasteiger partial charge in [0.25, 0.3) is 0 Å². The quantitative estimate of drug-likeness (QED) is 0.601. The molecule has 34 heavy (non-hydrogen) atoms. The summed E-state index contributed by atoms with van der Waals surface area (Å²) >= 11 is 0. The number of methoxy groups -OCH3 is 1. The minimum absolute atomic E-state index is 0.0704. The van der Waals surface area contributed by atoms with Crippen LogP contribution in [-0.2, 0) is 29.2 Å². The number of ether oxygens (including phenoxy) is 3. The van der Waals surface area contributed by atoms with Crippen molar-refractivity contribution in [2.45, 2.75) is 71.0 Å². The topological polar surface area (TPSA) is 109 Å². The van der Waals surface area contributed by atoms with Gasteiger partial charge in [0, 0.05) is 42.4 Å². The van der Waals surface area contributed by atoms with Gasteiger partial charge >= 0.3 is 11.9 Å². The number of hydrogen-bond acceptors (Lipinski definition) is 8. The number of ketones is 2. The lowest BCUT2D eigenvalue weighted by Crippen LogP contribution is -2.57. The molecule has 8 nitrogen and oxygen atoms in total. The Kier molecular flexibility index (Phi) is 5.17. The molecule has 3 aliphatic carbocycles. The van der Waals surface area contributed by atoms with Gasteiger partial charge in [-0.2, -0.15) is 0 Å². The molecule has 0 saturated heterocycles. The normalized spacial score (nSPS) is 34.9. The molecule has 182 valence electrons. The van der Waals surface area contributed by atoms with Crippen molar-refractivity contribution in [3.63, 3.8) is 0 Å². The molecule has 5 rings (SSSR count). The number of esters is 2. The fourth-order valence-electron chi connectivity index (χ4n) is 6.50. The lowest BCUT2D eigenvalue weighted by Gasteiger charge is -2.51. The Hall–Kier alpha value is -2.74. The molecular formula is C26H30O8. The first-order chi connectivity index (χ1) is 16.1. The molecule has 0 radical (unpaired) electrons. The van der Waals surface area contributed by atoms with Gasteiger partial charge in [-0.1, -0.05) is 20.8 Å². The van der Waals surface area contributed by atoms with Crippen LogP contribution in [0.2, 0.25) is 0 Å². The standard InChI is InChI=1S/C26H30O8/c1-6-12(2)23(29)33-15-9-25(3)14(7-8-16(25)27)18-20(15)26(4)17(11-31-5)34-24(30)13-10-32-22(19(13)26)21(18)28/h10,12,14-15,17H,6-9,11H2,1-5H3/t12?,14-,15+,17+,25-,26-/m0/s1. The summed E-state index contributed by atoms with van der Waals surface area (Å²) in [4.78, 5) is 52.7. The first-order valence-corrected chi connectivity index (χ1v) is 11.9. The minimum atomic E-state index is -1.00. The van der Waals surface area contributed by atoms with E-state index in [-0.39, 0.29) is 53.7 Å². The molecule has 6 atom stereocenters. The van der Waals surface area contributed by atoms with Crippen LogP contribution in [0.4, 0.5) is 0 Å². The van der Waals surface area contributed by atoms with Gasteiger partial charge < -0.3 is 18.6 Å². The summed E-state index contributed by atoms with van der Waals surface area (Å²) < 4.78 is 23.0. The lowest BCUT2D eigenvalue weighted by molar-refractivity contribution is -0.156. The van der Waals surface area contributed by atoms with E-state index in [9.17, 15) is 19.2 Å². The number of hydrogen-bond donors (Lipinski definition) is 0. The van der Waals surface area contributed by atoms with Gasteiger partial charge in [-0.05, 0) is 25.3 Å². The molecular weight excluding hydrogens is 440 g/mol. The molecule has 1 aromatic rings. The Balaban J connectivity index is 1.77. The van der Waals surface area contributed by atoms with Crippen molar-refractivity contribution in [2.24, 2.45) is 17.3 Å². The third kappa shape index (κ3) is 2.81. The van der Waals surface area contributed by atoms with Crippen LogP contribution in [-0.4, -0.2) is 49.4 Å². The number of cyclic esters (lactones) is 1. The average Bonchev–Trinajstić information content (AvgIpc) is 3.38. The maximum absolute atomic E-state index is 13.9. The van der Waals surface area contributed by atoms with E-state index in [0.29, 0.717) is 36.0 Å². The Bertz CT molecular complexity index is 1140. The molecule has 0 amide bonds. The van der Waals surface area contributed by atoms with Crippen molar-refractivity contribution >= 4 is 23.5 Å². The molecule has 0 bridgehead atoms. The fraction of sp³-hybridized carbons (Fsp3) is 0.615. The molecule has 1 saturated carbocycles. The van der Waals surface area contributed by atoms with Crippen LogP contribution in [0.25, 0.3) is 0 Å². The zero-order valence-corrected chi connectivity index (χ0v) is 20.2. The number of rotatable bonds is 5. The zero-order chi connectivity index (χ0) is 24.6. The molecule has 0 spiro atoms. The largest absolute Gasteiger partial charge is 0.460 e. The smallest absolute Gasteiger partial charge is 0.342 e. The van der Waals surface area contributed by atoms with Crippen molar-refractivity contribution < 1.29 is 37.8 Å². The monoisotopic (exact) mass is 470 g/mol. The third-order valence-corrected chi connectivity index (χ3v) is 8.66. The summed E-state index contributed by atoms with van der Waals surface area (Å²) in [7, 11) is 1.51. The second kappa shape index (κ2) is 7.63. The van der Waals surface area contributed by atoms with E-state index in [0.717, 1.165) is 0 Å². The highest BCUT2D eigenvalue weighted by Crippen LogP contribution is 2.61. The molecule has 8 heteroatoms. The Labute approximate surface area is 198 Å². The SMILES string of the molecule is CCC(C)C(=O)O[C@@H]1C[C@]2(C)C(=O)CC[C@H]2C2=C1[C@]1(C)c3c(coc3C2=O)C(=O)O[C@@H]1COC. The van der Waals surface area contributed by atoms with Crippen LogP contribution in [0.3, 0.4) is 0 Å². The van der Waals surface area contributed by atoms with Crippen LogP contribution in [0.5, 0.6) is 0 Å². The summed E-state index contributed by atoms with van der Waals surface area (Å²) in [5, 5.41) is 0. The van der Waals surface area contributed by atoms with E-state index in [4.69, 9.17) is 18.6 Å². The molecule has 0 aromatic carbocycles. The third-order valence-electron chi connectivity index (χ3n) is 8.66. The van der Waals surface area contributed by atoms with Crippen LogP contribution in [0.15, 0.2) is 21.8 Å². The van der Waals surface area contributed by atoms with E-state index in [1.54, 1.807) is 6.92 Å². The molecule has 1 aromatic heterocycles. The molecule has 2 heterocycles. The number of fused-ring (bicyclic) bond motifs is 3. The van der Waals surface area contributed by atoms with Gasteiger partial charge in [0.1, 0.15) is 29.8 Å². The number of furan rings is 1. The molecule has 4 aliphatic rings. The Morgan fingerprint density at radius 3 is 2.68 bits per heavy atom. The highest BCUT2D eigenvalue weighted by molar-refractivity contribution is 6.14. The van der Waals surface area contributed by atoms with Gasteiger partial charge in [-0.25, -0.2) is 4.79 Å². The average molecular weight is 471 g/mol. The highest BCUT2D eigenvalue weighted by Gasteiger charge is 2.64. The maximum Gasteiger partial charge on any atom is 0.342 e. The van der Waals surface area contributed by atoms with Crippen molar-refractivity contribution in [2.75, 3.05) is 13.7 Å². The summed E-state index contributed by atoms with van der Waals surface area (Å²) in [6.07, 6.45) is 1.51. The number of carbonyl (C=O) groups excluding carboxylic acids is 4. The summed E-state index contributed by atoms with van der Waals surface area (Å²) in [6, 6.07) is 0. The van der Waals surface area contributed by atoms with Gasteiger partial charge in [-0.15, -0.1) is 0 Å². The van der Waals surface area contributed by atoms with Crippen LogP contribution < -0.4 is 0 Å². The number of carbonyl (C=O) groups is 4. The van der Waals surface area contributed by atoms with E-state index in [2.05, 4.69) is 0 Å². The zero-order valence-electron chi connectivity index (χ0n) is 20.2. The lowest BCUT2D eigenvalue weighted by atomic mass is 9.54. The van der Waals surface area contributed by atoms with Gasteiger partial charge in [0.05, 0.1) is 17.9 Å². The van der Waals surface area contributed by atoms with Crippen molar-refractivity contribution in [3.05, 3.63) is 34.3 Å². The van der Waals surface area contributed by atoms with Gasteiger partial charge in [0.2, 0.25) is 5.78 Å². The van der Waals surface area contributed by atoms with Crippen molar-refractivity contribution in [3.8, 4) is 0 Å². The van der Waals surface area contributed by atoms with Crippen molar-refractivity contribution in [1.82, 2.24) is 0 Å². The Morgan fingerprint density at radius 2 is 2.00 bits per heavy atom. The Morgan fingerprint density at radius 1 is 1.26 bits per heavy atom. The maximum atomic E-state index is 13.9. The predicted molar refractivity (Wildman–Crippen MR) is 118 cm³/mol. The van der Waals surface area contributed by atoms with Crippen molar-refractivity contribution in [1.29, 1.82) is 0 Å². The first kappa shape index (κ1) is 23.0. The number of Topliss-reactive ketones (excluding diaryl/α,β-unsaturated/α-hetero) is 2. The second-order valence-corrected chi connectivity index (χ2v) is 10.4. The fourth-order valence-corrected chi connectivity index (χ4v) is 6.50. The van der Waals surface area contributed by atoms with Crippen LogP contribution >= 0.6 is 0 Å². The minimum Gasteiger partial charge on any atom is -0.460 e. The molecule has 0 N–H and O–H groups in total. The second-order valence-electron chi connectivity index (χ2n) is 10.4. The highest BCUT2D eigenvalue weighted by atomic mass is 16.6. The molecule has 1 fully saturated rings. The first-order valence-electron chi connectivity index (χ1n) is 11.9. The van der Waals surface area contributed by atoms with E-state index >= 15 is 0 Å². The van der Waals surface area contributed by atoms with E-state index < -0.39 is 29.0 Å². The number of allylic oxidation sites excluding steroid dienone is 1.